The van der Waals surface area contributed by atoms with Crippen molar-refractivity contribution in [1.29, 1.82) is 0 Å². The monoisotopic (exact) mass is 248 g/mol. The van der Waals surface area contributed by atoms with Crippen LogP contribution in [0.15, 0.2) is 54.6 Å². The van der Waals surface area contributed by atoms with Crippen LogP contribution in [0, 0.1) is 0 Å². The minimum Gasteiger partial charge on any atom is -0.398 e. The van der Waals surface area contributed by atoms with Crippen LogP contribution in [0.25, 0.3) is 22.0 Å². The van der Waals surface area contributed by atoms with Crippen LogP contribution in [0.1, 0.15) is 12.6 Å². The second-order valence-electron chi connectivity index (χ2n) is 4.65. The molecule has 0 saturated heterocycles. The number of pyridine rings is 1. The second kappa shape index (κ2) is 4.73. The van der Waals surface area contributed by atoms with E-state index in [1.165, 1.54) is 11.1 Å². The smallest absolute Gasteiger partial charge is 0.0726 e. The van der Waals surface area contributed by atoms with Gasteiger partial charge in [0.05, 0.1) is 5.52 Å². The van der Waals surface area contributed by atoms with Crippen LogP contribution in [0.2, 0.25) is 0 Å². The standard InChI is InChI=1S/C17H16N2/c1-2-14-11-16(18)15-10-13(8-9-17(15)19-14)12-6-4-3-5-7-12/h3-11H,2H2,1H3,(H2,18,19). The molecular formula is C17H16N2. The molecule has 0 saturated carbocycles. The molecule has 94 valence electrons. The van der Waals surface area contributed by atoms with Gasteiger partial charge in [-0.05, 0) is 35.7 Å². The molecule has 0 spiro atoms. The summed E-state index contributed by atoms with van der Waals surface area (Å²) in [6.07, 6.45) is 0.903. The zero-order chi connectivity index (χ0) is 13.2. The van der Waals surface area contributed by atoms with Gasteiger partial charge in [-0.25, -0.2) is 0 Å². The Balaban J connectivity index is 2.19. The molecule has 2 N–H and O–H groups in total. The summed E-state index contributed by atoms with van der Waals surface area (Å²) >= 11 is 0. The van der Waals surface area contributed by atoms with E-state index < -0.39 is 0 Å². The molecule has 0 radical (unpaired) electrons. The predicted molar refractivity (Wildman–Crippen MR) is 81.0 cm³/mol. The summed E-state index contributed by atoms with van der Waals surface area (Å²) in [5.74, 6) is 0. The van der Waals surface area contributed by atoms with Crippen LogP contribution in [-0.4, -0.2) is 4.98 Å². The van der Waals surface area contributed by atoms with Crippen molar-refractivity contribution in [2.45, 2.75) is 13.3 Å². The van der Waals surface area contributed by atoms with Crippen molar-refractivity contribution in [3.05, 3.63) is 60.3 Å². The lowest BCUT2D eigenvalue weighted by Gasteiger charge is -2.07. The first-order valence-electron chi connectivity index (χ1n) is 6.52. The molecule has 2 heteroatoms. The fraction of sp³-hybridized carbons (Fsp3) is 0.118. The zero-order valence-electron chi connectivity index (χ0n) is 10.9. The Bertz CT molecular complexity index is 718. The molecular weight excluding hydrogens is 232 g/mol. The topological polar surface area (TPSA) is 38.9 Å². The third-order valence-electron chi connectivity index (χ3n) is 3.36. The Morgan fingerprint density at radius 1 is 0.947 bits per heavy atom. The minimum atomic E-state index is 0.805. The van der Waals surface area contributed by atoms with Gasteiger partial charge < -0.3 is 5.73 Å². The number of nitrogens with two attached hydrogens (primary N) is 1. The summed E-state index contributed by atoms with van der Waals surface area (Å²) in [4.78, 5) is 4.61. The van der Waals surface area contributed by atoms with E-state index in [0.29, 0.717) is 0 Å². The Hall–Kier alpha value is -2.35. The lowest BCUT2D eigenvalue weighted by Crippen LogP contribution is -1.94. The first-order chi connectivity index (χ1) is 9.28. The van der Waals surface area contributed by atoms with Gasteiger partial charge in [0.25, 0.3) is 0 Å². The van der Waals surface area contributed by atoms with E-state index in [4.69, 9.17) is 5.73 Å². The van der Waals surface area contributed by atoms with E-state index >= 15 is 0 Å². The Labute approximate surface area is 112 Å². The minimum absolute atomic E-state index is 0.805. The summed E-state index contributed by atoms with van der Waals surface area (Å²) in [5.41, 5.74) is 11.3. The van der Waals surface area contributed by atoms with Crippen molar-refractivity contribution in [2.24, 2.45) is 0 Å². The Morgan fingerprint density at radius 2 is 1.74 bits per heavy atom. The zero-order valence-corrected chi connectivity index (χ0v) is 10.9. The van der Waals surface area contributed by atoms with E-state index in [1.54, 1.807) is 0 Å². The largest absolute Gasteiger partial charge is 0.398 e. The fourth-order valence-corrected chi connectivity index (χ4v) is 2.30. The molecule has 0 atom stereocenters. The second-order valence-corrected chi connectivity index (χ2v) is 4.65. The van der Waals surface area contributed by atoms with Crippen LogP contribution < -0.4 is 5.73 Å². The average molecular weight is 248 g/mol. The summed E-state index contributed by atoms with van der Waals surface area (Å²) < 4.78 is 0. The number of rotatable bonds is 2. The molecule has 0 amide bonds. The molecule has 19 heavy (non-hydrogen) atoms. The average Bonchev–Trinajstić information content (AvgIpc) is 2.47. The number of benzene rings is 2. The van der Waals surface area contributed by atoms with Gasteiger partial charge in [-0.3, -0.25) is 4.98 Å². The third kappa shape index (κ3) is 2.17. The number of fused-ring (bicyclic) bond motifs is 1. The van der Waals surface area contributed by atoms with Gasteiger partial charge in [0.2, 0.25) is 0 Å². The molecule has 1 aromatic heterocycles. The summed E-state index contributed by atoms with van der Waals surface area (Å²) in [6, 6.07) is 18.5. The number of aromatic nitrogens is 1. The van der Waals surface area contributed by atoms with Crippen molar-refractivity contribution in [3.63, 3.8) is 0 Å². The molecule has 3 rings (SSSR count). The fourth-order valence-electron chi connectivity index (χ4n) is 2.30. The molecule has 0 unspecified atom stereocenters. The van der Waals surface area contributed by atoms with Gasteiger partial charge in [0.15, 0.2) is 0 Å². The highest BCUT2D eigenvalue weighted by Gasteiger charge is 2.05. The van der Waals surface area contributed by atoms with Crippen LogP contribution in [0.4, 0.5) is 5.69 Å². The highest BCUT2D eigenvalue weighted by atomic mass is 14.7. The summed E-state index contributed by atoms with van der Waals surface area (Å²) in [6.45, 7) is 2.09. The maximum absolute atomic E-state index is 6.14. The highest BCUT2D eigenvalue weighted by molar-refractivity contribution is 5.93. The van der Waals surface area contributed by atoms with Crippen LogP contribution >= 0.6 is 0 Å². The number of anilines is 1. The molecule has 0 fully saturated rings. The van der Waals surface area contributed by atoms with Crippen LogP contribution in [0.5, 0.6) is 0 Å². The molecule has 0 aliphatic heterocycles. The maximum atomic E-state index is 6.14. The van der Waals surface area contributed by atoms with Gasteiger partial charge in [-0.15, -0.1) is 0 Å². The number of hydrogen-bond donors (Lipinski definition) is 1. The first kappa shape index (κ1) is 11.7. The van der Waals surface area contributed by atoms with Gasteiger partial charge in [-0.2, -0.15) is 0 Å². The maximum Gasteiger partial charge on any atom is 0.0726 e. The predicted octanol–water partition coefficient (Wildman–Crippen LogP) is 4.05. The van der Waals surface area contributed by atoms with Crippen molar-refractivity contribution >= 4 is 16.6 Å². The summed E-state index contributed by atoms with van der Waals surface area (Å²) in [5, 5.41) is 1.03. The lowest BCUT2D eigenvalue weighted by atomic mass is 10.0. The van der Waals surface area contributed by atoms with Gasteiger partial charge >= 0.3 is 0 Å². The number of nitrogen functional groups attached to an aromatic ring is 1. The molecule has 0 bridgehead atoms. The van der Waals surface area contributed by atoms with E-state index in [2.05, 4.69) is 36.2 Å². The molecule has 0 aliphatic carbocycles. The van der Waals surface area contributed by atoms with Crippen LogP contribution in [0.3, 0.4) is 0 Å². The Morgan fingerprint density at radius 3 is 2.47 bits per heavy atom. The van der Waals surface area contributed by atoms with Crippen molar-refractivity contribution in [3.8, 4) is 11.1 Å². The SMILES string of the molecule is CCc1cc(N)c2cc(-c3ccccc3)ccc2n1. The quantitative estimate of drug-likeness (QED) is 0.743. The van der Waals surface area contributed by atoms with Crippen molar-refractivity contribution in [1.82, 2.24) is 4.98 Å². The van der Waals surface area contributed by atoms with E-state index in [-0.39, 0.29) is 0 Å². The highest BCUT2D eigenvalue weighted by Crippen LogP contribution is 2.27. The summed E-state index contributed by atoms with van der Waals surface area (Å²) in [7, 11) is 0. The van der Waals surface area contributed by atoms with Crippen molar-refractivity contribution in [2.75, 3.05) is 5.73 Å². The van der Waals surface area contributed by atoms with Gasteiger partial charge in [0.1, 0.15) is 0 Å². The Kier molecular flexibility index (Phi) is 2.92. The molecule has 1 heterocycles. The van der Waals surface area contributed by atoms with Crippen molar-refractivity contribution < 1.29 is 0 Å². The number of aryl methyl sites for hydroxylation is 1. The number of hydrogen-bond acceptors (Lipinski definition) is 2. The number of nitrogens with zero attached hydrogens (tertiary/aromatic N) is 1. The normalized spacial score (nSPS) is 10.8. The first-order valence-corrected chi connectivity index (χ1v) is 6.52. The van der Waals surface area contributed by atoms with E-state index in [0.717, 1.165) is 28.7 Å². The van der Waals surface area contributed by atoms with E-state index in [1.807, 2.05) is 30.3 Å². The molecule has 2 nitrogen and oxygen atoms in total. The molecule has 0 aliphatic rings. The van der Waals surface area contributed by atoms with E-state index in [9.17, 15) is 0 Å². The van der Waals surface area contributed by atoms with Gasteiger partial charge in [0, 0.05) is 16.8 Å². The van der Waals surface area contributed by atoms with Gasteiger partial charge in [-0.1, -0.05) is 43.3 Å². The molecule has 3 aromatic rings. The lowest BCUT2D eigenvalue weighted by molar-refractivity contribution is 1.06. The molecule has 2 aromatic carbocycles. The third-order valence-corrected chi connectivity index (χ3v) is 3.36. The van der Waals surface area contributed by atoms with Crippen LogP contribution in [-0.2, 0) is 6.42 Å².